The van der Waals surface area contributed by atoms with Crippen molar-refractivity contribution in [1.82, 2.24) is 15.1 Å². The number of amides is 2. The highest BCUT2D eigenvalue weighted by molar-refractivity contribution is 7.98. The summed E-state index contributed by atoms with van der Waals surface area (Å²) < 4.78 is 1.52. The van der Waals surface area contributed by atoms with Gasteiger partial charge in [0.15, 0.2) is 5.11 Å². The molecule has 1 aromatic heterocycles. The van der Waals surface area contributed by atoms with Crippen LogP contribution in [0.5, 0.6) is 0 Å². The molecular formula is C23H18Cl2N4O2S2. The molecule has 33 heavy (non-hydrogen) atoms. The molecule has 1 aliphatic rings. The molecule has 1 saturated heterocycles. The van der Waals surface area contributed by atoms with Crippen LogP contribution in [0.2, 0.25) is 10.2 Å². The lowest BCUT2D eigenvalue weighted by Gasteiger charge is -2.28. The fraction of sp³-hybridized carbons (Fsp3) is 0.130. The van der Waals surface area contributed by atoms with Crippen LogP contribution in [-0.2, 0) is 22.4 Å². The number of carbonyl (C=O) groups is 2. The zero-order valence-electron chi connectivity index (χ0n) is 17.6. The van der Waals surface area contributed by atoms with E-state index in [-0.39, 0.29) is 10.7 Å². The minimum Gasteiger partial charge on any atom is -0.298 e. The van der Waals surface area contributed by atoms with Crippen molar-refractivity contribution in [2.75, 3.05) is 4.90 Å². The highest BCUT2D eigenvalue weighted by atomic mass is 35.5. The van der Waals surface area contributed by atoms with E-state index in [1.54, 1.807) is 43.1 Å². The first-order valence-electron chi connectivity index (χ1n) is 9.82. The first kappa shape index (κ1) is 23.5. The average Bonchev–Trinajstić information content (AvgIpc) is 3.05. The van der Waals surface area contributed by atoms with E-state index in [4.69, 9.17) is 35.4 Å². The van der Waals surface area contributed by atoms with Gasteiger partial charge < -0.3 is 0 Å². The topological polar surface area (TPSA) is 67.2 Å². The van der Waals surface area contributed by atoms with E-state index in [2.05, 4.69) is 10.4 Å². The number of nitrogens with zero attached hydrogens (tertiary/aromatic N) is 3. The molecule has 0 bridgehead atoms. The van der Waals surface area contributed by atoms with E-state index < -0.39 is 11.8 Å². The Bertz CT molecular complexity index is 1290. The predicted octanol–water partition coefficient (Wildman–Crippen LogP) is 5.16. The van der Waals surface area contributed by atoms with Gasteiger partial charge in [0.2, 0.25) is 0 Å². The summed E-state index contributed by atoms with van der Waals surface area (Å²) in [6.07, 6.45) is 1.47. The molecule has 1 aliphatic heterocycles. The van der Waals surface area contributed by atoms with Crippen LogP contribution >= 0.6 is 47.2 Å². The number of nitrogens with one attached hydrogen (secondary N) is 1. The van der Waals surface area contributed by atoms with Gasteiger partial charge >= 0.3 is 0 Å². The SMILES string of the molecule is Cc1ccc(SCc2nn(C)c(Cl)c2/C=C2\C(=O)NC(=S)N(c3ccc(Cl)cc3)C2=O)cc1. The summed E-state index contributed by atoms with van der Waals surface area (Å²) in [4.78, 5) is 28.3. The molecule has 0 spiro atoms. The fourth-order valence-electron chi connectivity index (χ4n) is 3.23. The third-order valence-corrected chi connectivity index (χ3v) is 6.97. The molecule has 168 valence electrons. The summed E-state index contributed by atoms with van der Waals surface area (Å²) >= 11 is 19.3. The van der Waals surface area contributed by atoms with Gasteiger partial charge in [-0.3, -0.25) is 24.5 Å². The standard InChI is InChI=1S/C23H18Cl2N4O2S2/c1-13-3-9-16(10-4-13)33-12-19-17(20(25)28(2)27-19)11-18-21(30)26-23(32)29(22(18)31)15-7-5-14(24)6-8-15/h3-11H,12H2,1-2H3,(H,26,30,32)/b18-11+. The summed E-state index contributed by atoms with van der Waals surface area (Å²) in [7, 11) is 1.71. The van der Waals surface area contributed by atoms with Crippen LogP contribution < -0.4 is 10.2 Å². The van der Waals surface area contributed by atoms with Crippen LogP contribution in [0.3, 0.4) is 0 Å². The monoisotopic (exact) mass is 516 g/mol. The summed E-state index contributed by atoms with van der Waals surface area (Å²) in [6, 6.07) is 14.7. The van der Waals surface area contributed by atoms with Crippen LogP contribution in [0.1, 0.15) is 16.8 Å². The number of halogens is 2. The molecule has 1 N–H and O–H groups in total. The van der Waals surface area contributed by atoms with Crippen molar-refractivity contribution < 1.29 is 9.59 Å². The summed E-state index contributed by atoms with van der Waals surface area (Å²) in [5.74, 6) is -0.631. The van der Waals surface area contributed by atoms with Crippen LogP contribution in [0.25, 0.3) is 6.08 Å². The summed E-state index contributed by atoms with van der Waals surface area (Å²) in [6.45, 7) is 2.03. The van der Waals surface area contributed by atoms with Crippen molar-refractivity contribution >= 4 is 75.9 Å². The summed E-state index contributed by atoms with van der Waals surface area (Å²) in [5, 5.41) is 7.90. The van der Waals surface area contributed by atoms with Crippen LogP contribution in [0.15, 0.2) is 59.0 Å². The molecule has 0 saturated carbocycles. The molecule has 2 amide bonds. The zero-order chi connectivity index (χ0) is 23.7. The highest BCUT2D eigenvalue weighted by Crippen LogP contribution is 2.30. The van der Waals surface area contributed by atoms with Gasteiger partial charge in [-0.25, -0.2) is 0 Å². The van der Waals surface area contributed by atoms with Gasteiger partial charge in [-0.15, -0.1) is 11.8 Å². The number of thioether (sulfide) groups is 1. The second kappa shape index (κ2) is 9.69. The van der Waals surface area contributed by atoms with Crippen LogP contribution in [0.4, 0.5) is 5.69 Å². The van der Waals surface area contributed by atoms with Crippen molar-refractivity contribution in [3.8, 4) is 0 Å². The van der Waals surface area contributed by atoms with Crippen molar-refractivity contribution in [2.45, 2.75) is 17.6 Å². The zero-order valence-corrected chi connectivity index (χ0v) is 20.8. The molecule has 0 atom stereocenters. The summed E-state index contributed by atoms with van der Waals surface area (Å²) in [5.41, 5.74) is 2.76. The van der Waals surface area contributed by atoms with Gasteiger partial charge in [0.05, 0.1) is 11.4 Å². The smallest absolute Gasteiger partial charge is 0.270 e. The Balaban J connectivity index is 1.67. The van der Waals surface area contributed by atoms with Gasteiger partial charge in [0.1, 0.15) is 10.7 Å². The second-order valence-electron chi connectivity index (χ2n) is 7.31. The Morgan fingerprint density at radius 2 is 1.76 bits per heavy atom. The van der Waals surface area contributed by atoms with Gasteiger partial charge in [-0.2, -0.15) is 5.10 Å². The molecule has 0 aliphatic carbocycles. The molecule has 3 aromatic rings. The molecular weight excluding hydrogens is 499 g/mol. The number of benzene rings is 2. The number of rotatable bonds is 5. The number of carbonyl (C=O) groups excluding carboxylic acids is 2. The van der Waals surface area contributed by atoms with Gasteiger partial charge in [-0.05, 0) is 61.6 Å². The lowest BCUT2D eigenvalue weighted by Crippen LogP contribution is -2.54. The third kappa shape index (κ3) is 4.99. The molecule has 10 heteroatoms. The lowest BCUT2D eigenvalue weighted by molar-refractivity contribution is -0.122. The Morgan fingerprint density at radius 3 is 2.42 bits per heavy atom. The maximum absolute atomic E-state index is 13.3. The molecule has 2 aromatic carbocycles. The molecule has 0 radical (unpaired) electrons. The minimum atomic E-state index is -0.590. The number of aromatic nitrogens is 2. The van der Waals surface area contributed by atoms with Gasteiger partial charge in [0.25, 0.3) is 11.8 Å². The third-order valence-electron chi connectivity index (χ3n) is 4.96. The number of thiocarbonyl (C=S) groups is 1. The first-order valence-corrected chi connectivity index (χ1v) is 12.0. The number of hydrogen-bond acceptors (Lipinski definition) is 5. The maximum Gasteiger partial charge on any atom is 0.270 e. The van der Waals surface area contributed by atoms with E-state index in [1.165, 1.54) is 21.2 Å². The Labute approximate surface area is 210 Å². The largest absolute Gasteiger partial charge is 0.298 e. The first-order chi connectivity index (χ1) is 15.7. The van der Waals surface area contributed by atoms with Crippen molar-refractivity contribution in [3.63, 3.8) is 0 Å². The van der Waals surface area contributed by atoms with Gasteiger partial charge in [0, 0.05) is 28.3 Å². The molecule has 0 unspecified atom stereocenters. The Kier molecular flexibility index (Phi) is 6.90. The van der Waals surface area contributed by atoms with Gasteiger partial charge in [-0.1, -0.05) is 40.9 Å². The minimum absolute atomic E-state index is 0.00286. The van der Waals surface area contributed by atoms with E-state index in [0.717, 1.165) is 4.90 Å². The second-order valence-corrected chi connectivity index (χ2v) is 9.54. The van der Waals surface area contributed by atoms with E-state index in [0.29, 0.717) is 32.9 Å². The quantitative estimate of drug-likeness (QED) is 0.219. The van der Waals surface area contributed by atoms with Crippen LogP contribution in [-0.4, -0.2) is 26.7 Å². The number of anilines is 1. The number of aryl methyl sites for hydroxylation is 2. The average molecular weight is 517 g/mol. The predicted molar refractivity (Wildman–Crippen MR) is 137 cm³/mol. The van der Waals surface area contributed by atoms with E-state index in [9.17, 15) is 9.59 Å². The fourth-order valence-corrected chi connectivity index (χ4v) is 4.69. The van der Waals surface area contributed by atoms with Crippen LogP contribution in [0, 0.1) is 6.92 Å². The Hall–Kier alpha value is -2.65. The van der Waals surface area contributed by atoms with E-state index in [1.807, 2.05) is 31.2 Å². The highest BCUT2D eigenvalue weighted by Gasteiger charge is 2.35. The van der Waals surface area contributed by atoms with E-state index >= 15 is 0 Å². The maximum atomic E-state index is 13.3. The Morgan fingerprint density at radius 1 is 1.09 bits per heavy atom. The molecule has 2 heterocycles. The molecule has 1 fully saturated rings. The normalized spacial score (nSPS) is 15.3. The van der Waals surface area contributed by atoms with Crippen molar-refractivity contribution in [1.29, 1.82) is 0 Å². The molecule has 6 nitrogen and oxygen atoms in total. The molecule has 4 rings (SSSR count). The lowest BCUT2D eigenvalue weighted by atomic mass is 10.1. The van der Waals surface area contributed by atoms with Crippen molar-refractivity contribution in [3.05, 3.63) is 81.1 Å². The number of hydrogen-bond donors (Lipinski definition) is 1. The van der Waals surface area contributed by atoms with Crippen molar-refractivity contribution in [2.24, 2.45) is 7.05 Å².